The summed E-state index contributed by atoms with van der Waals surface area (Å²) in [6.45, 7) is 0. The number of halogens is 4. The fraction of sp³-hybridized carbons (Fsp3) is 0.462. The summed E-state index contributed by atoms with van der Waals surface area (Å²) in [6.07, 6.45) is -6.21. The lowest BCUT2D eigenvalue weighted by Crippen LogP contribution is -2.65. The van der Waals surface area contributed by atoms with Gasteiger partial charge in [0.05, 0.1) is 12.5 Å². The first-order chi connectivity index (χ1) is 9.14. The second-order valence-corrected chi connectivity index (χ2v) is 5.88. The summed E-state index contributed by atoms with van der Waals surface area (Å²) < 4.78 is 43.7. The van der Waals surface area contributed by atoms with Crippen molar-refractivity contribution in [3.63, 3.8) is 0 Å². The fourth-order valence-corrected chi connectivity index (χ4v) is 2.84. The first-order valence-electron chi connectivity index (χ1n) is 5.78. The van der Waals surface area contributed by atoms with Gasteiger partial charge in [0, 0.05) is 17.3 Å². The number of carbonyl (C=O) groups is 1. The van der Waals surface area contributed by atoms with Crippen LogP contribution in [-0.2, 0) is 14.9 Å². The van der Waals surface area contributed by atoms with E-state index in [0.717, 1.165) is 11.6 Å². The molecule has 1 fully saturated rings. The van der Waals surface area contributed by atoms with Crippen LogP contribution < -0.4 is 0 Å². The van der Waals surface area contributed by atoms with E-state index in [1.54, 1.807) is 24.3 Å². The molecule has 0 aliphatic heterocycles. The lowest BCUT2D eigenvalue weighted by Gasteiger charge is -2.51. The molecule has 2 rings (SSSR count). The number of carbonyl (C=O) groups excluding carboxylic acids is 1. The van der Waals surface area contributed by atoms with Crippen LogP contribution in [0.3, 0.4) is 0 Å². The lowest BCUT2D eigenvalue weighted by atomic mass is 9.55. The molecule has 1 aliphatic carbocycles. The normalized spacial score (nSPS) is 29.7. The van der Waals surface area contributed by atoms with Crippen molar-refractivity contribution in [3.05, 3.63) is 34.3 Å². The van der Waals surface area contributed by atoms with Gasteiger partial charge in [-0.2, -0.15) is 13.2 Å². The minimum Gasteiger partial charge on any atom is -0.468 e. The van der Waals surface area contributed by atoms with Crippen molar-refractivity contribution in [2.24, 2.45) is 0 Å². The van der Waals surface area contributed by atoms with E-state index in [1.165, 1.54) is 0 Å². The molecular weight excluding hydrogens is 341 g/mol. The van der Waals surface area contributed by atoms with Gasteiger partial charge in [-0.3, -0.25) is 4.79 Å². The zero-order valence-electron chi connectivity index (χ0n) is 10.5. The van der Waals surface area contributed by atoms with Crippen LogP contribution in [-0.4, -0.2) is 30.0 Å². The van der Waals surface area contributed by atoms with E-state index >= 15 is 0 Å². The Morgan fingerprint density at radius 1 is 1.30 bits per heavy atom. The van der Waals surface area contributed by atoms with Crippen LogP contribution >= 0.6 is 15.9 Å². The summed E-state index contributed by atoms with van der Waals surface area (Å²) in [5.41, 5.74) is -3.88. The Bertz CT molecular complexity index is 519. The highest BCUT2D eigenvalue weighted by Gasteiger charge is 2.70. The first kappa shape index (κ1) is 15.3. The third kappa shape index (κ3) is 2.22. The van der Waals surface area contributed by atoms with Crippen LogP contribution in [0, 0.1) is 0 Å². The molecule has 0 aromatic heterocycles. The molecule has 0 bridgehead atoms. The largest absolute Gasteiger partial charge is 0.468 e. The Morgan fingerprint density at radius 2 is 1.80 bits per heavy atom. The van der Waals surface area contributed by atoms with Crippen molar-refractivity contribution >= 4 is 21.9 Å². The zero-order valence-corrected chi connectivity index (χ0v) is 12.1. The van der Waals surface area contributed by atoms with E-state index < -0.39 is 36.0 Å². The number of aliphatic hydroxyl groups is 1. The van der Waals surface area contributed by atoms with Gasteiger partial charge in [0.2, 0.25) is 0 Å². The number of benzene rings is 1. The van der Waals surface area contributed by atoms with Gasteiger partial charge in [-0.25, -0.2) is 0 Å². The predicted molar refractivity (Wildman–Crippen MR) is 68.1 cm³/mol. The number of esters is 1. The molecule has 1 N–H and O–H groups in total. The zero-order chi connectivity index (χ0) is 15.2. The number of alkyl halides is 3. The van der Waals surface area contributed by atoms with Gasteiger partial charge >= 0.3 is 12.1 Å². The van der Waals surface area contributed by atoms with Crippen LogP contribution in [0.15, 0.2) is 28.7 Å². The highest BCUT2D eigenvalue weighted by atomic mass is 79.9. The molecule has 0 amide bonds. The molecule has 1 aliphatic rings. The maximum atomic E-state index is 12.8. The monoisotopic (exact) mass is 352 g/mol. The number of hydrogen-bond acceptors (Lipinski definition) is 3. The van der Waals surface area contributed by atoms with Crippen molar-refractivity contribution in [3.8, 4) is 0 Å². The third-order valence-electron chi connectivity index (χ3n) is 3.69. The Labute approximate surface area is 121 Å². The van der Waals surface area contributed by atoms with Gasteiger partial charge in [-0.1, -0.05) is 28.1 Å². The Hall–Kier alpha value is -1.08. The quantitative estimate of drug-likeness (QED) is 0.832. The minimum atomic E-state index is -4.76. The molecule has 1 aromatic rings. The Kier molecular flexibility index (Phi) is 3.62. The maximum Gasteiger partial charge on any atom is 0.417 e. The number of methoxy groups -OCH3 is 1. The third-order valence-corrected chi connectivity index (χ3v) is 4.22. The van der Waals surface area contributed by atoms with Gasteiger partial charge in [-0.15, -0.1) is 0 Å². The van der Waals surface area contributed by atoms with E-state index in [0.29, 0.717) is 5.56 Å². The van der Waals surface area contributed by atoms with Crippen molar-refractivity contribution in [1.29, 1.82) is 0 Å². The molecule has 0 heterocycles. The van der Waals surface area contributed by atoms with E-state index in [4.69, 9.17) is 0 Å². The van der Waals surface area contributed by atoms with E-state index in [-0.39, 0.29) is 0 Å². The van der Waals surface area contributed by atoms with Crippen molar-refractivity contribution in [2.75, 3.05) is 7.11 Å². The van der Waals surface area contributed by atoms with Crippen molar-refractivity contribution in [1.82, 2.24) is 0 Å². The van der Waals surface area contributed by atoms with Crippen LogP contribution in [0.2, 0.25) is 0 Å². The van der Waals surface area contributed by atoms with E-state index in [2.05, 4.69) is 20.7 Å². The number of ether oxygens (including phenoxy) is 1. The average molecular weight is 353 g/mol. The summed E-state index contributed by atoms with van der Waals surface area (Å²) in [6, 6.07) is 6.36. The molecule has 0 atom stereocenters. The number of hydrogen-bond donors (Lipinski definition) is 1. The standard InChI is InChI=1S/C13H12BrF3O3/c1-20-10(18)11(8-2-4-9(14)5-3-8)6-12(19,7-11)13(15,16)17/h2-5,19H,6-7H2,1H3. The first-order valence-corrected chi connectivity index (χ1v) is 6.57. The summed E-state index contributed by atoms with van der Waals surface area (Å²) in [4.78, 5) is 11.9. The topological polar surface area (TPSA) is 46.5 Å². The molecule has 20 heavy (non-hydrogen) atoms. The summed E-state index contributed by atoms with van der Waals surface area (Å²) in [7, 11) is 1.12. The Balaban J connectivity index is 2.37. The van der Waals surface area contributed by atoms with Gasteiger partial charge < -0.3 is 9.84 Å². The molecule has 0 spiro atoms. The second kappa shape index (κ2) is 4.73. The SMILES string of the molecule is COC(=O)C1(c2ccc(Br)cc2)CC(O)(C(F)(F)F)C1. The van der Waals surface area contributed by atoms with Gasteiger partial charge in [0.15, 0.2) is 5.60 Å². The van der Waals surface area contributed by atoms with Crippen LogP contribution in [0.5, 0.6) is 0 Å². The van der Waals surface area contributed by atoms with Crippen molar-refractivity contribution < 1.29 is 27.8 Å². The molecule has 0 radical (unpaired) electrons. The molecule has 0 saturated heterocycles. The summed E-state index contributed by atoms with van der Waals surface area (Å²) in [5.74, 6) is -0.770. The minimum absolute atomic E-state index is 0.404. The van der Waals surface area contributed by atoms with Crippen molar-refractivity contribution in [2.45, 2.75) is 30.0 Å². The molecular formula is C13H12BrF3O3. The second-order valence-electron chi connectivity index (χ2n) is 4.96. The van der Waals surface area contributed by atoms with E-state index in [1.807, 2.05) is 0 Å². The molecule has 7 heteroatoms. The summed E-state index contributed by atoms with van der Waals surface area (Å²) >= 11 is 3.21. The van der Waals surface area contributed by atoms with Crippen LogP contribution in [0.25, 0.3) is 0 Å². The highest BCUT2D eigenvalue weighted by Crippen LogP contribution is 2.57. The van der Waals surface area contributed by atoms with Gasteiger partial charge in [0.1, 0.15) is 0 Å². The number of rotatable bonds is 2. The molecule has 110 valence electrons. The lowest BCUT2D eigenvalue weighted by molar-refractivity contribution is -0.302. The van der Waals surface area contributed by atoms with Gasteiger partial charge in [-0.05, 0) is 17.7 Å². The molecule has 0 unspecified atom stereocenters. The maximum absolute atomic E-state index is 12.8. The van der Waals surface area contributed by atoms with Crippen LogP contribution in [0.1, 0.15) is 18.4 Å². The smallest absolute Gasteiger partial charge is 0.417 e. The van der Waals surface area contributed by atoms with Crippen LogP contribution in [0.4, 0.5) is 13.2 Å². The molecule has 1 saturated carbocycles. The highest BCUT2D eigenvalue weighted by molar-refractivity contribution is 9.10. The summed E-state index contributed by atoms with van der Waals surface area (Å²) in [5, 5.41) is 9.60. The fourth-order valence-electron chi connectivity index (χ4n) is 2.58. The van der Waals surface area contributed by atoms with E-state index in [9.17, 15) is 23.1 Å². The average Bonchev–Trinajstić information content (AvgIpc) is 2.33. The Morgan fingerprint density at radius 3 is 2.20 bits per heavy atom. The molecule has 3 nitrogen and oxygen atoms in total. The molecule has 1 aromatic carbocycles. The predicted octanol–water partition coefficient (Wildman–Crippen LogP) is 2.95. The van der Waals surface area contributed by atoms with Gasteiger partial charge in [0.25, 0.3) is 0 Å².